The highest BCUT2D eigenvalue weighted by Crippen LogP contribution is 2.15. The molecule has 0 aliphatic rings. The van der Waals surface area contributed by atoms with Crippen LogP contribution in [0, 0.1) is 6.92 Å². The molecule has 0 aliphatic carbocycles. The van der Waals surface area contributed by atoms with Crippen LogP contribution in [0.1, 0.15) is 25.5 Å². The van der Waals surface area contributed by atoms with Crippen LogP contribution in [0.4, 0.5) is 5.95 Å². The Morgan fingerprint density at radius 3 is 3.06 bits per heavy atom. The van der Waals surface area contributed by atoms with Gasteiger partial charge in [0.05, 0.1) is 17.6 Å². The summed E-state index contributed by atoms with van der Waals surface area (Å²) in [6.45, 7) is 5.11. The summed E-state index contributed by atoms with van der Waals surface area (Å²) in [4.78, 5) is 4.45. The van der Waals surface area contributed by atoms with E-state index < -0.39 is 0 Å². The Morgan fingerprint density at radius 1 is 1.50 bits per heavy atom. The van der Waals surface area contributed by atoms with Crippen LogP contribution in [0.25, 0.3) is 5.69 Å². The van der Waals surface area contributed by atoms with Crippen molar-refractivity contribution in [2.75, 3.05) is 11.9 Å². The molecule has 2 aromatic rings. The Labute approximate surface area is 94.9 Å². The molecule has 0 unspecified atom stereocenters. The molecular weight excluding hydrogens is 202 g/mol. The molecule has 2 aromatic heterocycles. The van der Waals surface area contributed by atoms with Crippen molar-refractivity contribution in [1.29, 1.82) is 0 Å². The number of hydrogen-bond donors (Lipinski definition) is 2. The molecule has 0 fully saturated rings. The summed E-state index contributed by atoms with van der Waals surface area (Å²) in [5.74, 6) is 0.882. The highest BCUT2D eigenvalue weighted by molar-refractivity contribution is 5.40. The first kappa shape index (κ1) is 10.7. The van der Waals surface area contributed by atoms with Gasteiger partial charge in [-0.3, -0.25) is 9.67 Å². The van der Waals surface area contributed by atoms with Crippen LogP contribution in [-0.2, 0) is 0 Å². The highest BCUT2D eigenvalue weighted by Gasteiger charge is 2.07. The van der Waals surface area contributed by atoms with Crippen molar-refractivity contribution in [3.8, 4) is 5.69 Å². The molecule has 2 heterocycles. The number of unbranched alkanes of at least 4 members (excludes halogenated alkanes) is 1. The molecule has 0 saturated heterocycles. The van der Waals surface area contributed by atoms with E-state index in [2.05, 4.69) is 27.4 Å². The summed E-state index contributed by atoms with van der Waals surface area (Å²) in [6, 6.07) is 0. The normalized spacial score (nSPS) is 10.6. The lowest BCUT2D eigenvalue weighted by Crippen LogP contribution is -2.06. The van der Waals surface area contributed by atoms with Crippen LogP contribution in [0.2, 0.25) is 0 Å². The Hall–Kier alpha value is -1.78. The maximum Gasteiger partial charge on any atom is 0.207 e. The molecule has 86 valence electrons. The predicted octanol–water partition coefficient (Wildman–Crippen LogP) is 2.12. The smallest absolute Gasteiger partial charge is 0.207 e. The number of aromatic nitrogens is 4. The van der Waals surface area contributed by atoms with Crippen LogP contribution < -0.4 is 5.32 Å². The van der Waals surface area contributed by atoms with Gasteiger partial charge in [-0.2, -0.15) is 5.10 Å². The molecule has 0 atom stereocenters. The first-order valence-corrected chi connectivity index (χ1v) is 5.60. The van der Waals surface area contributed by atoms with Gasteiger partial charge in [0.2, 0.25) is 5.95 Å². The molecule has 2 N–H and O–H groups in total. The van der Waals surface area contributed by atoms with Crippen molar-refractivity contribution in [2.24, 2.45) is 0 Å². The second-order valence-electron chi connectivity index (χ2n) is 3.81. The molecule has 5 nitrogen and oxygen atoms in total. The average Bonchev–Trinajstić information content (AvgIpc) is 2.87. The van der Waals surface area contributed by atoms with Crippen LogP contribution in [-0.4, -0.2) is 26.3 Å². The first-order chi connectivity index (χ1) is 7.81. The number of imidazole rings is 1. The zero-order valence-electron chi connectivity index (χ0n) is 9.70. The van der Waals surface area contributed by atoms with Gasteiger partial charge in [-0.25, -0.2) is 4.98 Å². The molecule has 2 rings (SSSR count). The fourth-order valence-corrected chi connectivity index (χ4v) is 1.57. The zero-order chi connectivity index (χ0) is 11.4. The van der Waals surface area contributed by atoms with Crippen LogP contribution >= 0.6 is 0 Å². The Balaban J connectivity index is 2.17. The van der Waals surface area contributed by atoms with E-state index in [4.69, 9.17) is 0 Å². The first-order valence-electron chi connectivity index (χ1n) is 5.60. The number of nitrogens with zero attached hydrogens (tertiary/aromatic N) is 3. The van der Waals surface area contributed by atoms with Crippen molar-refractivity contribution in [1.82, 2.24) is 19.7 Å². The standard InChI is InChI=1S/C11H17N5/c1-3-4-5-12-11-15-9(2)8-16(11)10-6-13-14-7-10/h6-8H,3-5H2,1-2H3,(H,12,15)(H,13,14). The lowest BCUT2D eigenvalue weighted by Gasteiger charge is -2.06. The van der Waals surface area contributed by atoms with Gasteiger partial charge in [-0.15, -0.1) is 0 Å². The second-order valence-corrected chi connectivity index (χ2v) is 3.81. The highest BCUT2D eigenvalue weighted by atomic mass is 15.2. The van der Waals surface area contributed by atoms with Crippen molar-refractivity contribution >= 4 is 5.95 Å². The number of aryl methyl sites for hydroxylation is 1. The van der Waals surface area contributed by atoms with Crippen molar-refractivity contribution in [2.45, 2.75) is 26.7 Å². The van der Waals surface area contributed by atoms with Gasteiger partial charge in [0.25, 0.3) is 0 Å². The predicted molar refractivity (Wildman–Crippen MR) is 63.8 cm³/mol. The summed E-state index contributed by atoms with van der Waals surface area (Å²) in [6.07, 6.45) is 7.97. The fraction of sp³-hybridized carbons (Fsp3) is 0.455. The van der Waals surface area contributed by atoms with E-state index in [1.165, 1.54) is 6.42 Å². The minimum atomic E-state index is 0.882. The topological polar surface area (TPSA) is 58.5 Å². The van der Waals surface area contributed by atoms with E-state index in [0.717, 1.165) is 30.3 Å². The van der Waals surface area contributed by atoms with Crippen LogP contribution in [0.15, 0.2) is 18.6 Å². The Kier molecular flexibility index (Phi) is 3.24. The molecule has 0 amide bonds. The van der Waals surface area contributed by atoms with Gasteiger partial charge in [0.1, 0.15) is 0 Å². The lowest BCUT2D eigenvalue weighted by molar-refractivity contribution is 0.823. The Morgan fingerprint density at radius 2 is 2.38 bits per heavy atom. The van der Waals surface area contributed by atoms with Crippen LogP contribution in [0.5, 0.6) is 0 Å². The summed E-state index contributed by atoms with van der Waals surface area (Å²) in [5, 5.41) is 10.1. The second kappa shape index (κ2) is 4.83. The van der Waals surface area contributed by atoms with E-state index in [9.17, 15) is 0 Å². The van der Waals surface area contributed by atoms with E-state index in [1.54, 1.807) is 6.20 Å². The maximum atomic E-state index is 4.45. The molecular formula is C11H17N5. The maximum absolute atomic E-state index is 4.45. The Bertz CT molecular complexity index is 429. The third kappa shape index (κ3) is 2.24. The molecule has 0 bridgehead atoms. The van der Waals surface area contributed by atoms with E-state index >= 15 is 0 Å². The molecule has 16 heavy (non-hydrogen) atoms. The minimum Gasteiger partial charge on any atom is -0.355 e. The van der Waals surface area contributed by atoms with Crippen LogP contribution in [0.3, 0.4) is 0 Å². The number of hydrogen-bond acceptors (Lipinski definition) is 3. The molecule has 5 heteroatoms. The lowest BCUT2D eigenvalue weighted by atomic mass is 10.3. The van der Waals surface area contributed by atoms with Gasteiger partial charge in [-0.05, 0) is 13.3 Å². The summed E-state index contributed by atoms with van der Waals surface area (Å²) < 4.78 is 2.01. The van der Waals surface area contributed by atoms with Gasteiger partial charge >= 0.3 is 0 Å². The van der Waals surface area contributed by atoms with Crippen molar-refractivity contribution < 1.29 is 0 Å². The monoisotopic (exact) mass is 219 g/mol. The third-order valence-corrected chi connectivity index (χ3v) is 2.40. The molecule has 0 radical (unpaired) electrons. The van der Waals surface area contributed by atoms with Gasteiger partial charge in [0, 0.05) is 18.9 Å². The van der Waals surface area contributed by atoms with Gasteiger partial charge in [0.15, 0.2) is 0 Å². The molecule has 0 spiro atoms. The average molecular weight is 219 g/mol. The SMILES string of the molecule is CCCCNc1nc(C)cn1-c1cn[nH]c1. The number of nitrogens with one attached hydrogen (secondary N) is 2. The van der Waals surface area contributed by atoms with E-state index in [1.807, 2.05) is 23.9 Å². The molecule has 0 aromatic carbocycles. The number of aromatic amines is 1. The third-order valence-electron chi connectivity index (χ3n) is 2.40. The molecule has 0 aliphatic heterocycles. The number of H-pyrrole nitrogens is 1. The fourth-order valence-electron chi connectivity index (χ4n) is 1.57. The summed E-state index contributed by atoms with van der Waals surface area (Å²) in [7, 11) is 0. The number of rotatable bonds is 5. The molecule has 0 saturated carbocycles. The summed E-state index contributed by atoms with van der Waals surface area (Å²) in [5.41, 5.74) is 2.00. The minimum absolute atomic E-state index is 0.882. The van der Waals surface area contributed by atoms with E-state index in [0.29, 0.717) is 0 Å². The summed E-state index contributed by atoms with van der Waals surface area (Å²) >= 11 is 0. The van der Waals surface area contributed by atoms with E-state index in [-0.39, 0.29) is 0 Å². The largest absolute Gasteiger partial charge is 0.355 e. The van der Waals surface area contributed by atoms with Gasteiger partial charge < -0.3 is 5.32 Å². The number of anilines is 1. The zero-order valence-corrected chi connectivity index (χ0v) is 9.70. The van der Waals surface area contributed by atoms with Crippen molar-refractivity contribution in [3.05, 3.63) is 24.3 Å². The quantitative estimate of drug-likeness (QED) is 0.757. The van der Waals surface area contributed by atoms with Gasteiger partial charge in [-0.1, -0.05) is 13.3 Å². The van der Waals surface area contributed by atoms with Crippen molar-refractivity contribution in [3.63, 3.8) is 0 Å².